The van der Waals surface area contributed by atoms with E-state index in [0.717, 1.165) is 10.6 Å². The Bertz CT molecular complexity index is 961. The Hall–Kier alpha value is -3.18. The number of hydrogen-bond donors (Lipinski definition) is 3. The van der Waals surface area contributed by atoms with Crippen LogP contribution in [0.25, 0.3) is 16.9 Å². The average Bonchev–Trinajstić information content (AvgIpc) is 2.93. The van der Waals surface area contributed by atoms with Crippen molar-refractivity contribution in [1.29, 1.82) is 0 Å². The molecule has 0 bridgehead atoms. The number of hydrogen-bond acceptors (Lipinski definition) is 9. The van der Waals surface area contributed by atoms with Gasteiger partial charge < -0.3 is 11.5 Å². The van der Waals surface area contributed by atoms with Crippen LogP contribution < -0.4 is 16.5 Å². The van der Waals surface area contributed by atoms with Crippen LogP contribution >= 0.6 is 0 Å². The molecule has 0 unspecified atom stereocenters. The van der Waals surface area contributed by atoms with Crippen molar-refractivity contribution in [3.63, 3.8) is 0 Å². The molecule has 0 spiro atoms. The fraction of sp³-hybridized carbons (Fsp3) is 0.0714. The summed E-state index contributed by atoms with van der Waals surface area (Å²) in [5, 5.41) is 5.14. The van der Waals surface area contributed by atoms with Gasteiger partial charge >= 0.3 is 0 Å². The molecule has 0 aliphatic heterocycles. The normalized spacial score (nSPS) is 11.0. The SMILES string of the molecule is CN(O[SH](=O)=O)c1cccc(-c2ccc(-n3nc(N)nc3N)cn2)c1. The molecule has 10 nitrogen and oxygen atoms in total. The van der Waals surface area contributed by atoms with Crippen molar-refractivity contribution in [2.45, 2.75) is 0 Å². The molecule has 11 heteroatoms. The van der Waals surface area contributed by atoms with Gasteiger partial charge in [-0.15, -0.1) is 5.10 Å². The van der Waals surface area contributed by atoms with E-state index < -0.39 is 11.0 Å². The molecule has 1 aromatic carbocycles. The van der Waals surface area contributed by atoms with E-state index in [-0.39, 0.29) is 11.9 Å². The van der Waals surface area contributed by atoms with Crippen LogP contribution in [0.5, 0.6) is 0 Å². The Morgan fingerprint density at radius 2 is 2.00 bits per heavy atom. The number of thiol groups is 1. The minimum Gasteiger partial charge on any atom is -0.368 e. The van der Waals surface area contributed by atoms with Gasteiger partial charge in [0.15, 0.2) is 0 Å². The Morgan fingerprint density at radius 1 is 1.20 bits per heavy atom. The van der Waals surface area contributed by atoms with E-state index in [1.54, 1.807) is 36.5 Å². The number of hydroxylamine groups is 1. The highest BCUT2D eigenvalue weighted by Crippen LogP contribution is 2.24. The van der Waals surface area contributed by atoms with Crippen LogP contribution in [0.3, 0.4) is 0 Å². The van der Waals surface area contributed by atoms with Crippen molar-refractivity contribution in [3.05, 3.63) is 42.6 Å². The molecule has 3 rings (SSSR count). The monoisotopic (exact) mass is 361 g/mol. The quantitative estimate of drug-likeness (QED) is 0.434. The molecule has 0 fully saturated rings. The third kappa shape index (κ3) is 3.67. The van der Waals surface area contributed by atoms with Crippen molar-refractivity contribution in [1.82, 2.24) is 19.7 Å². The average molecular weight is 361 g/mol. The van der Waals surface area contributed by atoms with Crippen LogP contribution in [-0.4, -0.2) is 35.2 Å². The second kappa shape index (κ2) is 6.75. The zero-order valence-corrected chi connectivity index (χ0v) is 14.0. The van der Waals surface area contributed by atoms with E-state index in [9.17, 15) is 8.42 Å². The fourth-order valence-corrected chi connectivity index (χ4v) is 2.52. The lowest BCUT2D eigenvalue weighted by atomic mass is 10.1. The highest BCUT2D eigenvalue weighted by molar-refractivity contribution is 7.67. The second-order valence-corrected chi connectivity index (χ2v) is 5.61. The maximum Gasteiger partial charge on any atom is 0.277 e. The maximum atomic E-state index is 10.7. The lowest BCUT2D eigenvalue weighted by molar-refractivity contribution is 0.320. The largest absolute Gasteiger partial charge is 0.368 e. The molecule has 0 saturated heterocycles. The van der Waals surface area contributed by atoms with E-state index in [1.165, 1.54) is 11.7 Å². The van der Waals surface area contributed by atoms with Gasteiger partial charge in [0.05, 0.1) is 23.3 Å². The summed E-state index contributed by atoms with van der Waals surface area (Å²) in [7, 11) is -1.49. The van der Waals surface area contributed by atoms with Gasteiger partial charge in [0.2, 0.25) is 11.9 Å². The van der Waals surface area contributed by atoms with Crippen LogP contribution in [0, 0.1) is 0 Å². The molecule has 0 saturated carbocycles. The fourth-order valence-electron chi connectivity index (χ4n) is 2.22. The van der Waals surface area contributed by atoms with Gasteiger partial charge in [0.25, 0.3) is 11.0 Å². The van der Waals surface area contributed by atoms with Gasteiger partial charge in [-0.3, -0.25) is 4.98 Å². The molecule has 130 valence electrons. The van der Waals surface area contributed by atoms with Crippen molar-refractivity contribution in [2.24, 2.45) is 0 Å². The van der Waals surface area contributed by atoms with E-state index in [4.69, 9.17) is 11.5 Å². The minimum absolute atomic E-state index is 0.0778. The van der Waals surface area contributed by atoms with Crippen molar-refractivity contribution in [3.8, 4) is 16.9 Å². The van der Waals surface area contributed by atoms with Gasteiger partial charge in [-0.05, 0) is 24.3 Å². The third-order valence-corrected chi connectivity index (χ3v) is 3.71. The summed E-state index contributed by atoms with van der Waals surface area (Å²) in [6.07, 6.45) is 1.58. The first kappa shape index (κ1) is 16.7. The van der Waals surface area contributed by atoms with Crippen LogP contribution in [0.2, 0.25) is 0 Å². The van der Waals surface area contributed by atoms with E-state index >= 15 is 0 Å². The van der Waals surface area contributed by atoms with Crippen molar-refractivity contribution in [2.75, 3.05) is 23.6 Å². The molecule has 0 radical (unpaired) electrons. The van der Waals surface area contributed by atoms with Gasteiger partial charge in [-0.25, -0.2) is 13.5 Å². The molecule has 0 aliphatic rings. The molecule has 2 heterocycles. The second-order valence-electron chi connectivity index (χ2n) is 4.99. The van der Waals surface area contributed by atoms with Crippen molar-refractivity contribution >= 4 is 28.6 Å². The van der Waals surface area contributed by atoms with Crippen LogP contribution in [0.4, 0.5) is 17.6 Å². The Morgan fingerprint density at radius 3 is 2.60 bits per heavy atom. The Kier molecular flexibility index (Phi) is 4.50. The zero-order valence-electron chi connectivity index (χ0n) is 13.1. The minimum atomic E-state index is -2.99. The molecule has 0 atom stereocenters. The molecular formula is C14H15N7O3S. The standard InChI is InChI=1S/C14H15N7O3S/c1-20(24-25(22)23)10-4-2-3-9(7-10)12-6-5-11(8-17-12)21-14(16)18-13(15)19-21/h2-8,25H,1H3,(H4,15,16,18,19). The molecule has 0 aliphatic carbocycles. The number of rotatable bonds is 5. The number of anilines is 3. The van der Waals surface area contributed by atoms with E-state index in [1.807, 2.05) is 6.07 Å². The first-order valence-corrected chi connectivity index (χ1v) is 8.14. The number of nitrogens with zero attached hydrogens (tertiary/aromatic N) is 5. The number of nitrogen functional groups attached to an aromatic ring is 2. The topological polar surface area (TPSA) is 142 Å². The number of nitrogens with two attached hydrogens (primary N) is 2. The molecule has 0 amide bonds. The first-order valence-electron chi connectivity index (χ1n) is 7.05. The Balaban J connectivity index is 1.89. The van der Waals surface area contributed by atoms with Gasteiger partial charge in [0, 0.05) is 12.6 Å². The van der Waals surface area contributed by atoms with E-state index in [2.05, 4.69) is 19.4 Å². The summed E-state index contributed by atoms with van der Waals surface area (Å²) in [5.74, 6) is 0.244. The lowest BCUT2D eigenvalue weighted by Gasteiger charge is -2.15. The molecule has 4 N–H and O–H groups in total. The van der Waals surface area contributed by atoms with Crippen LogP contribution in [-0.2, 0) is 15.3 Å². The summed E-state index contributed by atoms with van der Waals surface area (Å²) >= 11 is 0. The number of benzene rings is 1. The lowest BCUT2D eigenvalue weighted by Crippen LogP contribution is -2.16. The molecule has 25 heavy (non-hydrogen) atoms. The van der Waals surface area contributed by atoms with E-state index in [0.29, 0.717) is 17.1 Å². The van der Waals surface area contributed by atoms with Crippen molar-refractivity contribution < 1.29 is 12.7 Å². The summed E-state index contributed by atoms with van der Waals surface area (Å²) in [6, 6.07) is 10.6. The zero-order chi connectivity index (χ0) is 18.0. The third-order valence-electron chi connectivity index (χ3n) is 3.34. The predicted molar refractivity (Wildman–Crippen MR) is 93.2 cm³/mol. The smallest absolute Gasteiger partial charge is 0.277 e. The van der Waals surface area contributed by atoms with Gasteiger partial charge in [-0.1, -0.05) is 12.1 Å². The summed E-state index contributed by atoms with van der Waals surface area (Å²) in [6.45, 7) is 0. The summed E-state index contributed by atoms with van der Waals surface area (Å²) in [5.41, 5.74) is 13.9. The summed E-state index contributed by atoms with van der Waals surface area (Å²) < 4.78 is 27.4. The van der Waals surface area contributed by atoms with Crippen LogP contribution in [0.1, 0.15) is 0 Å². The highest BCUT2D eigenvalue weighted by atomic mass is 32.2. The molecule has 2 aromatic heterocycles. The molecular weight excluding hydrogens is 346 g/mol. The summed E-state index contributed by atoms with van der Waals surface area (Å²) in [4.78, 5) is 8.21. The maximum absolute atomic E-state index is 10.7. The molecule has 3 aromatic rings. The van der Waals surface area contributed by atoms with Gasteiger partial charge in [0.1, 0.15) is 0 Å². The first-order chi connectivity index (χ1) is 11.9. The van der Waals surface area contributed by atoms with Crippen LogP contribution in [0.15, 0.2) is 42.6 Å². The Labute approximate surface area is 144 Å². The number of aromatic nitrogens is 4. The highest BCUT2D eigenvalue weighted by Gasteiger charge is 2.09. The van der Waals surface area contributed by atoms with Gasteiger partial charge in [-0.2, -0.15) is 13.9 Å². The predicted octanol–water partition coefficient (Wildman–Crippen LogP) is 0.388. The number of pyridine rings is 1.